The van der Waals surface area contributed by atoms with E-state index in [4.69, 9.17) is 0 Å². The van der Waals surface area contributed by atoms with E-state index >= 15 is 0 Å². The molecule has 0 saturated carbocycles. The van der Waals surface area contributed by atoms with E-state index in [0.717, 1.165) is 32.6 Å². The van der Waals surface area contributed by atoms with Crippen molar-refractivity contribution in [2.75, 3.05) is 19.6 Å². The van der Waals surface area contributed by atoms with E-state index in [1.807, 2.05) is 4.90 Å². The first-order valence-corrected chi connectivity index (χ1v) is 9.14. The van der Waals surface area contributed by atoms with Crippen LogP contribution in [-0.4, -0.2) is 56.4 Å². The number of carbonyl (C=O) groups excluding carboxylic acids is 1. The molecule has 0 radical (unpaired) electrons. The Morgan fingerprint density at radius 1 is 1.20 bits per heavy atom. The quantitative estimate of drug-likeness (QED) is 0.858. The number of benzene rings is 1. The fourth-order valence-electron chi connectivity index (χ4n) is 4.35. The van der Waals surface area contributed by atoms with Crippen LogP contribution in [-0.2, 0) is 13.6 Å². The van der Waals surface area contributed by atoms with Crippen LogP contribution in [0, 0.1) is 5.92 Å². The van der Waals surface area contributed by atoms with Crippen molar-refractivity contribution in [3.8, 4) is 0 Å². The molecule has 2 atom stereocenters. The summed E-state index contributed by atoms with van der Waals surface area (Å²) in [6.07, 6.45) is 5.04. The summed E-state index contributed by atoms with van der Waals surface area (Å²) in [7, 11) is 1.77. The SMILES string of the molecule is Cn1nncc1C(=O)N1CC[C@H]2[C@H](CCCN2Cc2ccccc2)C1. The number of fused-ring (bicyclic) bond motifs is 1. The molecule has 0 aliphatic carbocycles. The highest BCUT2D eigenvalue weighted by Gasteiger charge is 2.37. The molecule has 1 amide bonds. The molecule has 2 saturated heterocycles. The molecule has 2 fully saturated rings. The van der Waals surface area contributed by atoms with Crippen molar-refractivity contribution < 1.29 is 4.79 Å². The monoisotopic (exact) mass is 339 g/mol. The Morgan fingerprint density at radius 2 is 2.04 bits per heavy atom. The molecule has 1 aromatic carbocycles. The summed E-state index contributed by atoms with van der Waals surface area (Å²) in [6.45, 7) is 3.84. The Kier molecular flexibility index (Phi) is 4.53. The van der Waals surface area contributed by atoms with Crippen LogP contribution in [0.5, 0.6) is 0 Å². The average molecular weight is 339 g/mol. The Morgan fingerprint density at radius 3 is 2.80 bits per heavy atom. The van der Waals surface area contributed by atoms with E-state index in [9.17, 15) is 4.79 Å². The summed E-state index contributed by atoms with van der Waals surface area (Å²) in [5, 5.41) is 7.72. The minimum absolute atomic E-state index is 0.0612. The Labute approximate surface area is 148 Å². The predicted octanol–water partition coefficient (Wildman–Crippen LogP) is 1.94. The molecule has 3 heterocycles. The van der Waals surface area contributed by atoms with Crippen LogP contribution in [0.25, 0.3) is 0 Å². The fourth-order valence-corrected chi connectivity index (χ4v) is 4.35. The highest BCUT2D eigenvalue weighted by molar-refractivity contribution is 5.92. The van der Waals surface area contributed by atoms with Crippen molar-refractivity contribution in [1.29, 1.82) is 0 Å². The summed E-state index contributed by atoms with van der Waals surface area (Å²) in [4.78, 5) is 17.4. The lowest BCUT2D eigenvalue weighted by Gasteiger charge is -2.47. The number of rotatable bonds is 3. The number of likely N-dealkylation sites (tertiary alicyclic amines) is 2. The van der Waals surface area contributed by atoms with Crippen LogP contribution in [0.3, 0.4) is 0 Å². The van der Waals surface area contributed by atoms with Gasteiger partial charge in [-0.2, -0.15) is 0 Å². The maximum Gasteiger partial charge on any atom is 0.273 e. The summed E-state index contributed by atoms with van der Waals surface area (Å²) in [5.41, 5.74) is 1.96. The topological polar surface area (TPSA) is 54.3 Å². The van der Waals surface area contributed by atoms with Gasteiger partial charge in [0.25, 0.3) is 5.91 Å². The van der Waals surface area contributed by atoms with Gasteiger partial charge in [-0.3, -0.25) is 9.69 Å². The van der Waals surface area contributed by atoms with Crippen molar-refractivity contribution in [2.24, 2.45) is 13.0 Å². The normalized spacial score (nSPS) is 24.1. The third-order valence-corrected chi connectivity index (χ3v) is 5.63. The van der Waals surface area contributed by atoms with E-state index in [2.05, 4.69) is 45.5 Å². The zero-order valence-electron chi connectivity index (χ0n) is 14.7. The molecule has 1 aromatic heterocycles. The van der Waals surface area contributed by atoms with E-state index in [1.54, 1.807) is 17.9 Å². The highest BCUT2D eigenvalue weighted by Crippen LogP contribution is 2.32. The van der Waals surface area contributed by atoms with Gasteiger partial charge in [-0.25, -0.2) is 4.68 Å². The van der Waals surface area contributed by atoms with Gasteiger partial charge in [0, 0.05) is 32.7 Å². The second kappa shape index (κ2) is 6.96. The first kappa shape index (κ1) is 16.3. The number of nitrogens with zero attached hydrogens (tertiary/aromatic N) is 5. The van der Waals surface area contributed by atoms with Gasteiger partial charge in [0.05, 0.1) is 6.20 Å². The number of aryl methyl sites for hydroxylation is 1. The van der Waals surface area contributed by atoms with Gasteiger partial charge < -0.3 is 4.90 Å². The third-order valence-electron chi connectivity index (χ3n) is 5.63. The molecular formula is C19H25N5O. The number of hydrogen-bond donors (Lipinski definition) is 0. The Balaban J connectivity index is 1.43. The van der Waals surface area contributed by atoms with Crippen LogP contribution in [0.1, 0.15) is 35.3 Å². The first-order valence-electron chi connectivity index (χ1n) is 9.14. The standard InChI is InChI=1S/C19H25N5O/c1-22-18(12-20-21-22)19(25)24-11-9-17-16(14-24)8-5-10-23(17)13-15-6-3-2-4-7-15/h2-4,6-7,12,16-17H,5,8-11,13-14H2,1H3/t16-,17+/m1/s1. The number of aromatic nitrogens is 3. The molecule has 6 heteroatoms. The van der Waals surface area contributed by atoms with E-state index in [1.165, 1.54) is 18.4 Å². The van der Waals surface area contributed by atoms with E-state index in [-0.39, 0.29) is 5.91 Å². The number of piperidine rings is 2. The first-order chi connectivity index (χ1) is 12.2. The predicted molar refractivity (Wildman–Crippen MR) is 94.9 cm³/mol. The molecule has 0 unspecified atom stereocenters. The molecule has 0 N–H and O–H groups in total. The van der Waals surface area contributed by atoms with Crippen molar-refractivity contribution in [3.63, 3.8) is 0 Å². The smallest absolute Gasteiger partial charge is 0.273 e. The number of amides is 1. The summed E-state index contributed by atoms with van der Waals surface area (Å²) >= 11 is 0. The van der Waals surface area contributed by atoms with Gasteiger partial charge in [-0.15, -0.1) is 5.10 Å². The zero-order valence-corrected chi connectivity index (χ0v) is 14.7. The minimum Gasteiger partial charge on any atom is -0.337 e. The molecule has 132 valence electrons. The molecule has 0 bridgehead atoms. The lowest BCUT2D eigenvalue weighted by atomic mass is 9.83. The highest BCUT2D eigenvalue weighted by atomic mass is 16.2. The van der Waals surface area contributed by atoms with Crippen molar-refractivity contribution in [2.45, 2.75) is 31.8 Å². The van der Waals surface area contributed by atoms with Crippen molar-refractivity contribution in [1.82, 2.24) is 24.8 Å². The van der Waals surface area contributed by atoms with Gasteiger partial charge in [-0.05, 0) is 37.3 Å². The Bertz CT molecular complexity index is 728. The molecule has 2 aromatic rings. The minimum atomic E-state index is 0.0612. The molecule has 0 spiro atoms. The Hall–Kier alpha value is -2.21. The van der Waals surface area contributed by atoms with Crippen molar-refractivity contribution >= 4 is 5.91 Å². The number of hydrogen-bond acceptors (Lipinski definition) is 4. The molecule has 4 rings (SSSR count). The lowest BCUT2D eigenvalue weighted by molar-refractivity contribution is 0.0170. The van der Waals surface area contributed by atoms with Crippen LogP contribution in [0.2, 0.25) is 0 Å². The van der Waals surface area contributed by atoms with Crippen LogP contribution in [0.4, 0.5) is 0 Å². The van der Waals surface area contributed by atoms with Gasteiger partial charge >= 0.3 is 0 Å². The third kappa shape index (κ3) is 3.31. The zero-order chi connectivity index (χ0) is 17.2. The van der Waals surface area contributed by atoms with Gasteiger partial charge in [0.2, 0.25) is 0 Å². The van der Waals surface area contributed by atoms with Crippen LogP contribution < -0.4 is 0 Å². The summed E-state index contributed by atoms with van der Waals surface area (Å²) in [5.74, 6) is 0.627. The maximum absolute atomic E-state index is 12.7. The van der Waals surface area contributed by atoms with Crippen LogP contribution in [0.15, 0.2) is 36.5 Å². The van der Waals surface area contributed by atoms with Gasteiger partial charge in [-0.1, -0.05) is 35.5 Å². The van der Waals surface area contributed by atoms with Gasteiger partial charge in [0.15, 0.2) is 0 Å². The molecule has 25 heavy (non-hydrogen) atoms. The summed E-state index contributed by atoms with van der Waals surface area (Å²) < 4.78 is 1.57. The molecule has 2 aliphatic heterocycles. The largest absolute Gasteiger partial charge is 0.337 e. The van der Waals surface area contributed by atoms with E-state index in [0.29, 0.717) is 17.7 Å². The van der Waals surface area contributed by atoms with E-state index < -0.39 is 0 Å². The second-order valence-electron chi connectivity index (χ2n) is 7.21. The maximum atomic E-state index is 12.7. The number of carbonyl (C=O) groups is 1. The molecule has 6 nitrogen and oxygen atoms in total. The lowest BCUT2D eigenvalue weighted by Crippen LogP contribution is -2.54. The fraction of sp³-hybridized carbons (Fsp3) is 0.526. The van der Waals surface area contributed by atoms with Crippen LogP contribution >= 0.6 is 0 Å². The molecular weight excluding hydrogens is 314 g/mol. The second-order valence-corrected chi connectivity index (χ2v) is 7.21. The summed E-state index contributed by atoms with van der Waals surface area (Å²) in [6, 6.07) is 11.3. The van der Waals surface area contributed by atoms with Crippen molar-refractivity contribution in [3.05, 3.63) is 47.8 Å². The molecule has 2 aliphatic rings. The van der Waals surface area contributed by atoms with Gasteiger partial charge in [0.1, 0.15) is 5.69 Å². The average Bonchev–Trinajstić information content (AvgIpc) is 3.08.